The number of hydrogen-bond donors (Lipinski definition) is 1. The highest BCUT2D eigenvalue weighted by Gasteiger charge is 2.60. The van der Waals surface area contributed by atoms with Crippen molar-refractivity contribution in [3.8, 4) is 0 Å². The Morgan fingerprint density at radius 2 is 2.22 bits per heavy atom. The van der Waals surface area contributed by atoms with E-state index in [0.717, 1.165) is 12.8 Å². The number of hydrogen-bond acceptors (Lipinski definition) is 2. The van der Waals surface area contributed by atoms with E-state index in [4.69, 9.17) is 22.1 Å². The van der Waals surface area contributed by atoms with Crippen LogP contribution in [0.1, 0.15) is 12.8 Å². The van der Waals surface area contributed by atoms with Gasteiger partial charge in [0.2, 0.25) is 0 Å². The minimum atomic E-state index is -0.0284. The predicted molar refractivity (Wildman–Crippen MR) is 35.6 cm³/mol. The van der Waals surface area contributed by atoms with E-state index in [1.54, 1.807) is 0 Å². The zero-order valence-electron chi connectivity index (χ0n) is 5.19. The van der Waals surface area contributed by atoms with Gasteiger partial charge in [-0.05, 0) is 12.8 Å². The summed E-state index contributed by atoms with van der Waals surface area (Å²) in [6.07, 6.45) is 1.91. The molecule has 2 N–H and O–H groups in total. The fourth-order valence-corrected chi connectivity index (χ4v) is 2.33. The first-order valence-corrected chi connectivity index (χ1v) is 3.59. The average molecular weight is 148 g/mol. The SMILES string of the molecule is NCC12CC(Cl)(CO1)C2. The molecule has 1 saturated carbocycles. The van der Waals surface area contributed by atoms with Crippen LogP contribution >= 0.6 is 11.6 Å². The standard InChI is InChI=1S/C6H10ClNO/c7-5-1-6(2-5,3-8)9-4-5/h1-4,8H2. The number of rotatable bonds is 1. The summed E-state index contributed by atoms with van der Waals surface area (Å²) in [5.74, 6) is 0. The molecular formula is C6H10ClNO. The molecular weight excluding hydrogens is 138 g/mol. The van der Waals surface area contributed by atoms with E-state index < -0.39 is 0 Å². The fraction of sp³-hybridized carbons (Fsp3) is 1.00. The van der Waals surface area contributed by atoms with Crippen molar-refractivity contribution in [1.29, 1.82) is 0 Å². The lowest BCUT2D eigenvalue weighted by molar-refractivity contribution is 0.0129. The summed E-state index contributed by atoms with van der Waals surface area (Å²) in [5, 5.41) is 0. The van der Waals surface area contributed by atoms with E-state index in [1.807, 2.05) is 0 Å². The number of fused-ring (bicyclic) bond motifs is 1. The minimum Gasteiger partial charge on any atom is -0.372 e. The maximum absolute atomic E-state index is 6.02. The van der Waals surface area contributed by atoms with Gasteiger partial charge in [-0.3, -0.25) is 0 Å². The zero-order valence-corrected chi connectivity index (χ0v) is 5.95. The Kier molecular flexibility index (Phi) is 0.953. The first-order chi connectivity index (χ1) is 4.18. The second-order valence-electron chi connectivity index (χ2n) is 3.18. The monoisotopic (exact) mass is 147 g/mol. The Bertz CT molecular complexity index is 142. The third-order valence-corrected chi connectivity index (χ3v) is 2.66. The third-order valence-electron chi connectivity index (χ3n) is 2.29. The molecule has 0 atom stereocenters. The number of alkyl halides is 1. The van der Waals surface area contributed by atoms with Crippen LogP contribution in [0.15, 0.2) is 0 Å². The van der Waals surface area contributed by atoms with Crippen LogP contribution in [0.25, 0.3) is 0 Å². The summed E-state index contributed by atoms with van der Waals surface area (Å²) in [5.41, 5.74) is 5.47. The molecule has 2 saturated heterocycles. The highest BCUT2D eigenvalue weighted by molar-refractivity contribution is 6.25. The first-order valence-electron chi connectivity index (χ1n) is 3.21. The Labute approximate surface area is 59.3 Å². The van der Waals surface area contributed by atoms with E-state index in [2.05, 4.69) is 0 Å². The van der Waals surface area contributed by atoms with Gasteiger partial charge in [0, 0.05) is 6.54 Å². The van der Waals surface area contributed by atoms with Crippen LogP contribution in [0.5, 0.6) is 0 Å². The molecule has 0 aromatic rings. The summed E-state index contributed by atoms with van der Waals surface area (Å²) >= 11 is 6.02. The molecule has 3 aliphatic rings. The molecule has 0 unspecified atom stereocenters. The number of nitrogens with two attached hydrogens (primary N) is 1. The predicted octanol–water partition coefficient (Wildman–Crippen LogP) is 0.485. The van der Waals surface area contributed by atoms with Gasteiger partial charge in [-0.2, -0.15) is 0 Å². The van der Waals surface area contributed by atoms with Gasteiger partial charge in [0.05, 0.1) is 17.1 Å². The van der Waals surface area contributed by atoms with Crippen LogP contribution in [-0.2, 0) is 4.74 Å². The van der Waals surface area contributed by atoms with Gasteiger partial charge < -0.3 is 10.5 Å². The van der Waals surface area contributed by atoms with E-state index in [0.29, 0.717) is 13.2 Å². The van der Waals surface area contributed by atoms with Gasteiger partial charge in [-0.15, -0.1) is 11.6 Å². The Morgan fingerprint density at radius 1 is 1.56 bits per heavy atom. The maximum Gasteiger partial charge on any atom is 0.0840 e. The summed E-state index contributed by atoms with van der Waals surface area (Å²) in [6, 6.07) is 0. The molecule has 9 heavy (non-hydrogen) atoms. The smallest absolute Gasteiger partial charge is 0.0840 e. The van der Waals surface area contributed by atoms with Crippen LogP contribution in [0.2, 0.25) is 0 Å². The van der Waals surface area contributed by atoms with Crippen molar-refractivity contribution in [3.05, 3.63) is 0 Å². The van der Waals surface area contributed by atoms with Crippen molar-refractivity contribution in [1.82, 2.24) is 0 Å². The fourth-order valence-electron chi connectivity index (χ4n) is 1.79. The summed E-state index contributed by atoms with van der Waals surface area (Å²) in [4.78, 5) is -0.0284. The Morgan fingerprint density at radius 3 is 2.44 bits per heavy atom. The molecule has 0 aromatic heterocycles. The van der Waals surface area contributed by atoms with E-state index >= 15 is 0 Å². The van der Waals surface area contributed by atoms with Gasteiger partial charge in [-0.25, -0.2) is 0 Å². The van der Waals surface area contributed by atoms with Crippen LogP contribution in [0.4, 0.5) is 0 Å². The van der Waals surface area contributed by atoms with Crippen molar-refractivity contribution >= 4 is 11.6 Å². The van der Waals surface area contributed by atoms with Crippen molar-refractivity contribution in [2.45, 2.75) is 23.3 Å². The lowest BCUT2D eigenvalue weighted by atomic mass is 9.74. The molecule has 52 valence electrons. The number of halogens is 1. The first kappa shape index (κ1) is 5.96. The van der Waals surface area contributed by atoms with Crippen molar-refractivity contribution in [2.24, 2.45) is 5.73 Å². The molecule has 3 heteroatoms. The lowest BCUT2D eigenvalue weighted by Crippen LogP contribution is -2.50. The lowest BCUT2D eigenvalue weighted by Gasteiger charge is -2.39. The van der Waals surface area contributed by atoms with Crippen LogP contribution in [-0.4, -0.2) is 23.6 Å². The zero-order chi connectivity index (χ0) is 6.54. The Hall–Kier alpha value is 0.210. The quantitative estimate of drug-likeness (QED) is 0.548. The molecule has 2 heterocycles. The molecule has 3 fully saturated rings. The van der Waals surface area contributed by atoms with E-state index in [1.165, 1.54) is 0 Å². The second-order valence-corrected chi connectivity index (χ2v) is 3.98. The van der Waals surface area contributed by atoms with Crippen molar-refractivity contribution in [2.75, 3.05) is 13.2 Å². The highest BCUT2D eigenvalue weighted by atomic mass is 35.5. The molecule has 0 amide bonds. The summed E-state index contributed by atoms with van der Waals surface area (Å²) < 4.78 is 5.41. The van der Waals surface area contributed by atoms with Gasteiger partial charge in [-0.1, -0.05) is 0 Å². The molecule has 1 aliphatic carbocycles. The third kappa shape index (κ3) is 0.642. The largest absolute Gasteiger partial charge is 0.372 e. The highest BCUT2D eigenvalue weighted by Crippen LogP contribution is 2.54. The van der Waals surface area contributed by atoms with Gasteiger partial charge in [0.15, 0.2) is 0 Å². The number of ether oxygens (including phenoxy) is 1. The topological polar surface area (TPSA) is 35.2 Å². The molecule has 2 aliphatic heterocycles. The maximum atomic E-state index is 6.02. The van der Waals surface area contributed by atoms with Crippen LogP contribution < -0.4 is 5.73 Å². The molecule has 2 nitrogen and oxygen atoms in total. The van der Waals surface area contributed by atoms with Crippen molar-refractivity contribution < 1.29 is 4.74 Å². The molecule has 0 aromatic carbocycles. The normalized spacial score (nSPS) is 55.3. The minimum absolute atomic E-state index is 0.0122. The molecule has 3 rings (SSSR count). The van der Waals surface area contributed by atoms with Gasteiger partial charge >= 0.3 is 0 Å². The Balaban J connectivity index is 2.12. The van der Waals surface area contributed by atoms with Gasteiger partial charge in [0.25, 0.3) is 0 Å². The second kappa shape index (κ2) is 1.44. The molecule has 2 bridgehead atoms. The van der Waals surface area contributed by atoms with E-state index in [-0.39, 0.29) is 10.5 Å². The summed E-state index contributed by atoms with van der Waals surface area (Å²) in [6.45, 7) is 1.33. The average Bonchev–Trinajstić information content (AvgIpc) is 2.20. The van der Waals surface area contributed by atoms with Crippen LogP contribution in [0.3, 0.4) is 0 Å². The van der Waals surface area contributed by atoms with Crippen molar-refractivity contribution in [3.63, 3.8) is 0 Å². The van der Waals surface area contributed by atoms with Gasteiger partial charge in [0.1, 0.15) is 0 Å². The van der Waals surface area contributed by atoms with Crippen LogP contribution in [0, 0.1) is 0 Å². The molecule has 0 radical (unpaired) electrons. The summed E-state index contributed by atoms with van der Waals surface area (Å²) in [7, 11) is 0. The molecule has 0 spiro atoms. The van der Waals surface area contributed by atoms with E-state index in [9.17, 15) is 0 Å².